The summed E-state index contributed by atoms with van der Waals surface area (Å²) in [5.74, 6) is 0.00712. The SMILES string of the molecule is Cc1cc(C(=O)CN(C)CC(=O)N2CCCC2)c(C)n1-c1c(C)n(C)n(-c2ccccc2)c1=O. The number of Topliss-reactive ketones (excluding diaryl/α,β-unsaturated/α-hetero) is 1. The molecule has 1 amide bonds. The molecular weight excluding hydrogens is 430 g/mol. The van der Waals surface area contributed by atoms with Crippen LogP contribution in [0.4, 0.5) is 0 Å². The first-order valence-electron chi connectivity index (χ1n) is 11.7. The predicted molar refractivity (Wildman–Crippen MR) is 132 cm³/mol. The average Bonchev–Trinajstić information content (AvgIpc) is 3.49. The molecule has 1 aliphatic rings. The predicted octanol–water partition coefficient (Wildman–Crippen LogP) is 2.63. The van der Waals surface area contributed by atoms with Crippen molar-refractivity contribution in [3.63, 3.8) is 0 Å². The summed E-state index contributed by atoms with van der Waals surface area (Å²) in [6, 6.07) is 11.4. The van der Waals surface area contributed by atoms with Crippen LogP contribution in [0.5, 0.6) is 0 Å². The number of rotatable bonds is 7. The molecule has 4 rings (SSSR count). The van der Waals surface area contributed by atoms with Crippen LogP contribution in [0.1, 0.15) is 40.3 Å². The van der Waals surface area contributed by atoms with E-state index >= 15 is 0 Å². The van der Waals surface area contributed by atoms with Crippen LogP contribution in [-0.2, 0) is 11.8 Å². The van der Waals surface area contributed by atoms with Gasteiger partial charge < -0.3 is 9.47 Å². The summed E-state index contributed by atoms with van der Waals surface area (Å²) in [4.78, 5) is 42.7. The van der Waals surface area contributed by atoms with Gasteiger partial charge in [0.05, 0.1) is 24.5 Å². The zero-order valence-electron chi connectivity index (χ0n) is 20.7. The Morgan fingerprint density at radius 2 is 1.62 bits per heavy atom. The zero-order valence-corrected chi connectivity index (χ0v) is 20.7. The van der Waals surface area contributed by atoms with Gasteiger partial charge in [0.15, 0.2) is 5.78 Å². The first-order chi connectivity index (χ1) is 16.2. The zero-order chi connectivity index (χ0) is 24.6. The van der Waals surface area contributed by atoms with Gasteiger partial charge in [-0.05, 0) is 58.9 Å². The lowest BCUT2D eigenvalue weighted by Gasteiger charge is -2.20. The molecule has 0 saturated carbocycles. The second-order valence-corrected chi connectivity index (χ2v) is 9.21. The minimum absolute atomic E-state index is 0.0620. The molecule has 3 aromatic rings. The number of likely N-dealkylation sites (N-methyl/N-ethyl adjacent to an activating group) is 1. The molecule has 0 unspecified atom stereocenters. The Kier molecular flexibility index (Phi) is 6.61. The summed E-state index contributed by atoms with van der Waals surface area (Å²) in [5.41, 5.74) is 4.12. The quantitative estimate of drug-likeness (QED) is 0.505. The van der Waals surface area contributed by atoms with Gasteiger partial charge in [-0.15, -0.1) is 0 Å². The van der Waals surface area contributed by atoms with Crippen LogP contribution in [0.25, 0.3) is 11.4 Å². The van der Waals surface area contributed by atoms with Crippen molar-refractivity contribution in [1.29, 1.82) is 0 Å². The fraction of sp³-hybridized carbons (Fsp3) is 0.423. The Hall–Kier alpha value is -3.39. The second kappa shape index (κ2) is 9.46. The number of carbonyl (C=O) groups is 2. The van der Waals surface area contributed by atoms with E-state index in [4.69, 9.17) is 0 Å². The minimum Gasteiger partial charge on any atom is -0.342 e. The normalized spacial score (nSPS) is 13.8. The smallest absolute Gasteiger partial charge is 0.295 e. The monoisotopic (exact) mass is 463 g/mol. The molecular formula is C26H33N5O3. The Bertz CT molecular complexity index is 1280. The molecule has 8 heteroatoms. The summed E-state index contributed by atoms with van der Waals surface area (Å²) >= 11 is 0. The highest BCUT2D eigenvalue weighted by atomic mass is 16.2. The maximum atomic E-state index is 13.5. The number of likely N-dealkylation sites (tertiary alicyclic amines) is 1. The van der Waals surface area contributed by atoms with Crippen LogP contribution in [0.3, 0.4) is 0 Å². The van der Waals surface area contributed by atoms with Gasteiger partial charge >= 0.3 is 0 Å². The van der Waals surface area contributed by atoms with Gasteiger partial charge in [-0.1, -0.05) is 18.2 Å². The number of aromatic nitrogens is 3. The molecule has 180 valence electrons. The van der Waals surface area contributed by atoms with Crippen LogP contribution in [0, 0.1) is 20.8 Å². The molecule has 1 aromatic carbocycles. The molecule has 0 radical (unpaired) electrons. The third-order valence-electron chi connectivity index (χ3n) is 6.76. The molecule has 0 spiro atoms. The van der Waals surface area contributed by atoms with Gasteiger partial charge in [0, 0.05) is 37.1 Å². The lowest BCUT2D eigenvalue weighted by molar-refractivity contribution is -0.130. The van der Waals surface area contributed by atoms with Crippen molar-refractivity contribution in [1.82, 2.24) is 23.7 Å². The Morgan fingerprint density at radius 3 is 2.26 bits per heavy atom. The summed E-state index contributed by atoms with van der Waals surface area (Å²) in [6.45, 7) is 7.67. The van der Waals surface area contributed by atoms with E-state index in [-0.39, 0.29) is 30.3 Å². The first-order valence-corrected chi connectivity index (χ1v) is 11.7. The van der Waals surface area contributed by atoms with E-state index in [0.29, 0.717) is 11.3 Å². The standard InChI is InChI=1S/C26H33N5O3/c1-18-15-22(23(32)16-27(4)17-24(33)29-13-9-10-14-29)19(2)30(18)25-20(3)28(5)31(26(25)34)21-11-7-6-8-12-21/h6-8,11-12,15H,9-10,13-14,16-17H2,1-5H3. The molecule has 1 aliphatic heterocycles. The molecule has 0 bridgehead atoms. The van der Waals surface area contributed by atoms with Crippen molar-refractivity contribution in [3.05, 3.63) is 69.4 Å². The number of nitrogens with zero attached hydrogens (tertiary/aromatic N) is 5. The van der Waals surface area contributed by atoms with Crippen molar-refractivity contribution < 1.29 is 9.59 Å². The lowest BCUT2D eigenvalue weighted by Crippen LogP contribution is -2.39. The third-order valence-corrected chi connectivity index (χ3v) is 6.76. The fourth-order valence-corrected chi connectivity index (χ4v) is 4.88. The Balaban J connectivity index is 1.61. The van der Waals surface area contributed by atoms with Crippen LogP contribution < -0.4 is 5.56 Å². The maximum Gasteiger partial charge on any atom is 0.295 e. The molecule has 0 atom stereocenters. The van der Waals surface area contributed by atoms with Gasteiger partial charge in [-0.25, -0.2) is 4.68 Å². The van der Waals surface area contributed by atoms with E-state index in [9.17, 15) is 14.4 Å². The maximum absolute atomic E-state index is 13.5. The van der Waals surface area contributed by atoms with Gasteiger partial charge in [-0.2, -0.15) is 0 Å². The van der Waals surface area contributed by atoms with Crippen LogP contribution in [0.2, 0.25) is 0 Å². The number of hydrogen-bond donors (Lipinski definition) is 0. The molecule has 34 heavy (non-hydrogen) atoms. The third kappa shape index (κ3) is 4.25. The lowest BCUT2D eigenvalue weighted by atomic mass is 10.1. The van der Waals surface area contributed by atoms with Crippen LogP contribution >= 0.6 is 0 Å². The average molecular weight is 464 g/mol. The summed E-state index contributed by atoms with van der Waals surface area (Å²) < 4.78 is 5.35. The molecule has 1 fully saturated rings. The van der Waals surface area contributed by atoms with Crippen molar-refractivity contribution in [2.45, 2.75) is 33.6 Å². The van der Waals surface area contributed by atoms with Gasteiger partial charge in [0.2, 0.25) is 5.91 Å². The molecule has 0 N–H and O–H groups in total. The summed E-state index contributed by atoms with van der Waals surface area (Å²) in [5, 5.41) is 0. The number of hydrogen-bond acceptors (Lipinski definition) is 4. The molecule has 3 heterocycles. The van der Waals surface area contributed by atoms with Crippen molar-refractivity contribution >= 4 is 11.7 Å². The number of para-hydroxylation sites is 1. The van der Waals surface area contributed by atoms with Gasteiger partial charge in [-0.3, -0.25) is 24.0 Å². The number of benzene rings is 1. The van der Waals surface area contributed by atoms with Crippen molar-refractivity contribution in [2.75, 3.05) is 33.2 Å². The van der Waals surface area contributed by atoms with E-state index in [0.717, 1.165) is 48.7 Å². The molecule has 8 nitrogen and oxygen atoms in total. The number of amides is 1. The molecule has 1 saturated heterocycles. The molecule has 0 aliphatic carbocycles. The van der Waals surface area contributed by atoms with Crippen molar-refractivity contribution in [2.24, 2.45) is 7.05 Å². The fourth-order valence-electron chi connectivity index (χ4n) is 4.88. The van der Waals surface area contributed by atoms with Crippen LogP contribution in [0.15, 0.2) is 41.2 Å². The second-order valence-electron chi connectivity index (χ2n) is 9.21. The van der Waals surface area contributed by atoms with Crippen molar-refractivity contribution in [3.8, 4) is 11.4 Å². The number of aryl methyl sites for hydroxylation is 1. The number of ketones is 1. The van der Waals surface area contributed by atoms with E-state index < -0.39 is 0 Å². The highest BCUT2D eigenvalue weighted by molar-refractivity contribution is 5.99. The van der Waals surface area contributed by atoms with Gasteiger partial charge in [0.25, 0.3) is 5.56 Å². The largest absolute Gasteiger partial charge is 0.342 e. The minimum atomic E-state index is -0.139. The highest BCUT2D eigenvalue weighted by Crippen LogP contribution is 2.23. The molecule has 2 aromatic heterocycles. The van der Waals surface area contributed by atoms with Gasteiger partial charge in [0.1, 0.15) is 5.69 Å². The summed E-state index contributed by atoms with van der Waals surface area (Å²) in [7, 11) is 3.66. The Labute approximate surface area is 200 Å². The Morgan fingerprint density at radius 1 is 0.971 bits per heavy atom. The topological polar surface area (TPSA) is 72.5 Å². The van der Waals surface area contributed by atoms with Crippen LogP contribution in [-0.4, -0.2) is 68.6 Å². The van der Waals surface area contributed by atoms with E-state index in [1.807, 2.05) is 78.4 Å². The van der Waals surface area contributed by atoms with E-state index in [2.05, 4.69) is 0 Å². The first kappa shape index (κ1) is 23.8. The summed E-state index contributed by atoms with van der Waals surface area (Å²) in [6.07, 6.45) is 2.09. The number of carbonyl (C=O) groups excluding carboxylic acids is 2. The van der Waals surface area contributed by atoms with E-state index in [1.165, 1.54) is 0 Å². The van der Waals surface area contributed by atoms with E-state index in [1.54, 1.807) is 16.6 Å². The highest BCUT2D eigenvalue weighted by Gasteiger charge is 2.25.